The van der Waals surface area contributed by atoms with Crippen LogP contribution in [0, 0.1) is 11.8 Å². The quantitative estimate of drug-likeness (QED) is 0.0245. The first-order chi connectivity index (χ1) is 39.9. The highest BCUT2D eigenvalue weighted by Gasteiger charge is 2.38. The molecule has 0 bridgehead atoms. The smallest absolute Gasteiger partial charge is 0.407 e. The summed E-state index contributed by atoms with van der Waals surface area (Å²) in [5.74, 6) is -2.07. The van der Waals surface area contributed by atoms with E-state index in [1.54, 1.807) is 44.4 Å². The normalized spacial score (nSPS) is 18.2. The van der Waals surface area contributed by atoms with Gasteiger partial charge in [0.1, 0.15) is 36.5 Å². The summed E-state index contributed by atoms with van der Waals surface area (Å²) in [6.45, 7) is 5.06. The number of unbranched alkanes of at least 4 members (excludes halogenated alkanes) is 2. The summed E-state index contributed by atoms with van der Waals surface area (Å²) in [6.07, 6.45) is 10.2. The Morgan fingerprint density at radius 2 is 1.57 bits per heavy atom. The van der Waals surface area contributed by atoms with E-state index in [1.165, 1.54) is 23.3 Å². The number of anilines is 2. The van der Waals surface area contributed by atoms with E-state index in [9.17, 15) is 42.0 Å². The fourth-order valence-corrected chi connectivity index (χ4v) is 10.6. The van der Waals surface area contributed by atoms with Crippen molar-refractivity contribution in [2.45, 2.75) is 115 Å². The molecule has 6 atom stereocenters. The van der Waals surface area contributed by atoms with Crippen molar-refractivity contribution in [1.29, 1.82) is 0 Å². The molecule has 27 heteroatoms. The van der Waals surface area contributed by atoms with Gasteiger partial charge in [0.15, 0.2) is 0 Å². The van der Waals surface area contributed by atoms with Crippen molar-refractivity contribution in [3.63, 3.8) is 0 Å². The number of nitrogens with one attached hydrogen (secondary N) is 6. The Hall–Kier alpha value is -7.56. The molecule has 0 radical (unpaired) electrons. The lowest BCUT2D eigenvalue weighted by atomic mass is 10.0. The van der Waals surface area contributed by atoms with Crippen molar-refractivity contribution in [1.82, 2.24) is 40.7 Å². The van der Waals surface area contributed by atoms with Crippen molar-refractivity contribution in [3.8, 4) is 0 Å². The van der Waals surface area contributed by atoms with Crippen molar-refractivity contribution < 1.29 is 65.1 Å². The van der Waals surface area contributed by atoms with E-state index in [2.05, 4.69) is 64.6 Å². The lowest BCUT2D eigenvalue weighted by Gasteiger charge is -2.25. The molecule has 2 aliphatic carbocycles. The summed E-state index contributed by atoms with van der Waals surface area (Å²) in [5, 5.41) is 23.1. The summed E-state index contributed by atoms with van der Waals surface area (Å²) in [4.78, 5) is 97.6. The molecule has 1 fully saturated rings. The predicted molar refractivity (Wildman–Crippen MR) is 304 cm³/mol. The average molecular weight is 1170 g/mol. The molecule has 0 unspecified atom stereocenters. The largest absolute Gasteiger partial charge is 0.445 e. The lowest BCUT2D eigenvalue weighted by Crippen LogP contribution is -2.54. The maximum Gasteiger partial charge on any atom is 0.407 e. The van der Waals surface area contributed by atoms with Gasteiger partial charge in [0.05, 0.1) is 57.2 Å². The van der Waals surface area contributed by atoms with Crippen LogP contribution in [0.1, 0.15) is 100 Å². The number of aryl methyl sites for hydroxylation is 1. The average Bonchev–Trinajstić information content (AvgIpc) is 4.34. The van der Waals surface area contributed by atoms with Crippen molar-refractivity contribution in [3.05, 3.63) is 96.0 Å². The molecule has 0 saturated heterocycles. The number of carbonyl (C=O) groups is 7. The summed E-state index contributed by atoms with van der Waals surface area (Å²) in [7, 11) is -4.17. The molecule has 1 aliphatic heterocycles. The fourth-order valence-electron chi connectivity index (χ4n) is 10.2. The molecule has 83 heavy (non-hydrogen) atoms. The maximum absolute atomic E-state index is 13.6. The Balaban J connectivity index is 0.768. The zero-order valence-electron chi connectivity index (χ0n) is 46.8. The minimum absolute atomic E-state index is 0.0590. The second kappa shape index (κ2) is 31.2. The fraction of sp³-hybridized carbons (Fsp3) is 0.518. The molecule has 8 amide bonds. The molecule has 2 aromatic heterocycles. The van der Waals surface area contributed by atoms with Crippen LogP contribution in [0.3, 0.4) is 0 Å². The van der Waals surface area contributed by atoms with E-state index in [1.807, 2.05) is 18.3 Å². The first kappa shape index (κ1) is 63.0. The third-order valence-electron chi connectivity index (χ3n) is 14.5. The van der Waals surface area contributed by atoms with E-state index in [-0.39, 0.29) is 126 Å². The van der Waals surface area contributed by atoms with Crippen molar-refractivity contribution in [2.24, 2.45) is 22.7 Å². The van der Waals surface area contributed by atoms with Crippen molar-refractivity contribution in [2.75, 3.05) is 69.9 Å². The summed E-state index contributed by atoms with van der Waals surface area (Å²) in [5.41, 5.74) is 9.59. The van der Waals surface area contributed by atoms with Crippen LogP contribution in [0.2, 0.25) is 0 Å². The van der Waals surface area contributed by atoms with Gasteiger partial charge >= 0.3 is 22.4 Å². The number of amides is 8. The number of benzene rings is 2. The SMILES string of the molecule is CC(C)[C@@H](NC(=O)CCCCCN1C(=O)C=CC1=O)C(=O)N[C@H](CCCNC(N)=O)C(=O)Nc1ccc(COC(=O)NCCOCCOCCO[C@H]2C[C@H](n3ccc4c(N[C@H]5CCc6ccccc65)ncnc43)C[C@H]2COS(N)(=O)=O)cc1. The van der Waals surface area contributed by atoms with Crippen LogP contribution < -0.4 is 42.8 Å². The van der Waals surface area contributed by atoms with Gasteiger partial charge in [-0.1, -0.05) is 56.7 Å². The number of aromatic nitrogens is 3. The summed E-state index contributed by atoms with van der Waals surface area (Å²) >= 11 is 0. The van der Waals surface area contributed by atoms with Crippen LogP contribution in [0.5, 0.6) is 0 Å². The standard InChI is InChI=1S/C56H76N12O14S/c1-36(2)50(66-47(69)12-4-3-7-24-68-48(70)19-20-49(68)71)54(73)65-45(11-8-22-59-55(57)74)53(72)63-40-16-13-37(14-17-40)33-81-56(75)60-23-26-78-27-28-79-29-30-80-46-32-41(31-39(46)34-82-83(58,76)77)67-25-21-43-51(61-35-62-52(43)67)64-44-18-15-38-9-5-6-10-42(38)44/h5-6,9-10,13-14,16-17,19-21,25,35-36,39,41,44-46,50H,3-4,7-8,11-12,15,18,22-24,26-34H2,1-2H3,(H,60,75)(H,63,72)(H,65,73)(H,66,69)(H3,57,59,74)(H2,58,76,77)(H,61,62,64)/t39-,41+,44-,45+,46-,50+/m0/s1. The van der Waals surface area contributed by atoms with Gasteiger partial charge in [-0.25, -0.2) is 24.7 Å². The monoisotopic (exact) mass is 1170 g/mol. The Kier molecular flexibility index (Phi) is 23.7. The molecular weight excluding hydrogens is 1100 g/mol. The number of urea groups is 1. The zero-order chi connectivity index (χ0) is 59.3. The molecule has 3 aliphatic rings. The van der Waals surface area contributed by atoms with Gasteiger partial charge in [0.25, 0.3) is 11.8 Å². The molecule has 2 aromatic carbocycles. The molecule has 7 rings (SSSR count). The van der Waals surface area contributed by atoms with Gasteiger partial charge in [-0.2, -0.15) is 8.42 Å². The number of primary amides is 1. The van der Waals surface area contributed by atoms with E-state index in [0.717, 1.165) is 34.6 Å². The Labute approximate surface area is 482 Å². The van der Waals surface area contributed by atoms with Crippen LogP contribution >= 0.6 is 0 Å². The van der Waals surface area contributed by atoms with Crippen LogP contribution in [-0.4, -0.2) is 147 Å². The second-order valence-corrected chi connectivity index (χ2v) is 22.1. The molecule has 0 spiro atoms. The molecular formula is C56H76N12O14S. The van der Waals surface area contributed by atoms with E-state index in [4.69, 9.17) is 34.0 Å². The van der Waals surface area contributed by atoms with Gasteiger partial charge in [0, 0.05) is 62.1 Å². The summed E-state index contributed by atoms with van der Waals surface area (Å²) < 4.78 is 53.5. The van der Waals surface area contributed by atoms with E-state index >= 15 is 0 Å². The number of nitrogens with two attached hydrogens (primary N) is 2. The predicted octanol–water partition coefficient (Wildman–Crippen LogP) is 3.54. The molecule has 10 N–H and O–H groups in total. The van der Waals surface area contributed by atoms with Crippen LogP contribution in [0.25, 0.3) is 11.0 Å². The minimum atomic E-state index is -4.17. The topological polar surface area (TPSA) is 358 Å². The highest BCUT2D eigenvalue weighted by Crippen LogP contribution is 2.40. The lowest BCUT2D eigenvalue weighted by molar-refractivity contribution is -0.137. The number of ether oxygens (including phenoxy) is 4. The number of alkyl carbamates (subject to hydrolysis) is 1. The Morgan fingerprint density at radius 3 is 2.31 bits per heavy atom. The number of hydrogen-bond acceptors (Lipinski definition) is 17. The molecule has 3 heterocycles. The number of nitrogens with zero attached hydrogens (tertiary/aromatic N) is 4. The van der Waals surface area contributed by atoms with Gasteiger partial charge in [0.2, 0.25) is 17.7 Å². The van der Waals surface area contributed by atoms with E-state index < -0.39 is 46.3 Å². The molecule has 1 saturated carbocycles. The molecule has 4 aromatic rings. The third-order valence-corrected chi connectivity index (χ3v) is 15.0. The van der Waals surface area contributed by atoms with Gasteiger partial charge in [-0.3, -0.25) is 33.1 Å². The number of fused-ring (bicyclic) bond motifs is 2. The summed E-state index contributed by atoms with van der Waals surface area (Å²) in [6, 6.07) is 14.3. The van der Waals surface area contributed by atoms with Crippen LogP contribution in [0.4, 0.5) is 21.1 Å². The highest BCUT2D eigenvalue weighted by atomic mass is 32.2. The van der Waals surface area contributed by atoms with Gasteiger partial charge < -0.3 is 61.1 Å². The van der Waals surface area contributed by atoms with Gasteiger partial charge in [-0.15, -0.1) is 0 Å². The Bertz CT molecular complexity index is 3000. The zero-order valence-corrected chi connectivity index (χ0v) is 47.6. The van der Waals surface area contributed by atoms with Crippen molar-refractivity contribution >= 4 is 74.5 Å². The first-order valence-corrected chi connectivity index (χ1v) is 29.5. The number of hydrogen-bond donors (Lipinski definition) is 8. The third kappa shape index (κ3) is 19.5. The minimum Gasteiger partial charge on any atom is -0.445 e. The van der Waals surface area contributed by atoms with Gasteiger partial charge in [-0.05, 0) is 92.2 Å². The first-order valence-electron chi connectivity index (χ1n) is 28.0. The van der Waals surface area contributed by atoms with Crippen LogP contribution in [-0.2, 0) is 70.4 Å². The second-order valence-electron chi connectivity index (χ2n) is 20.9. The highest BCUT2D eigenvalue weighted by molar-refractivity contribution is 7.84. The number of carbonyl (C=O) groups excluding carboxylic acids is 7. The molecule has 26 nitrogen and oxygen atoms in total. The number of imide groups is 1. The van der Waals surface area contributed by atoms with E-state index in [0.29, 0.717) is 49.8 Å². The van der Waals surface area contributed by atoms with Crippen LogP contribution in [0.15, 0.2) is 79.3 Å². The molecule has 450 valence electrons. The Morgan fingerprint density at radius 1 is 0.819 bits per heavy atom. The maximum atomic E-state index is 13.6. The number of rotatable bonds is 34.